The predicted molar refractivity (Wildman–Crippen MR) is 121 cm³/mol. The number of halogens is 2. The molecule has 0 radical (unpaired) electrons. The zero-order chi connectivity index (χ0) is 19.7. The minimum atomic E-state index is 0.386. The van der Waals surface area contributed by atoms with Crippen molar-refractivity contribution in [3.63, 3.8) is 0 Å². The number of anilines is 1. The average Bonchev–Trinajstić information content (AvgIpc) is 2.73. The van der Waals surface area contributed by atoms with E-state index >= 15 is 0 Å². The van der Waals surface area contributed by atoms with Crippen LogP contribution in [0.4, 0.5) is 5.82 Å². The molecule has 4 rings (SSSR count). The normalized spacial score (nSPS) is 16.3. The van der Waals surface area contributed by atoms with Crippen LogP contribution in [0.1, 0.15) is 19.8 Å². The van der Waals surface area contributed by atoms with Gasteiger partial charge in [0.15, 0.2) is 5.82 Å². The molecule has 0 saturated carbocycles. The van der Waals surface area contributed by atoms with Crippen molar-refractivity contribution in [3.05, 3.63) is 52.0 Å². The summed E-state index contributed by atoms with van der Waals surface area (Å²) in [4.78, 5) is 12.1. The lowest BCUT2D eigenvalue weighted by molar-refractivity contribution is 0.323. The summed E-state index contributed by atoms with van der Waals surface area (Å²) in [5.74, 6) is 2.32. The topological polar surface area (TPSA) is 41.0 Å². The van der Waals surface area contributed by atoms with Crippen LogP contribution in [0.5, 0.6) is 0 Å². The molecule has 1 N–H and O–H groups in total. The smallest absolute Gasteiger partial charge is 0.162 e. The summed E-state index contributed by atoms with van der Waals surface area (Å²) in [6, 6.07) is 14.4. The number of piperidine rings is 1. The quantitative estimate of drug-likeness (QED) is 0.556. The van der Waals surface area contributed by atoms with E-state index in [2.05, 4.69) is 40.1 Å². The first-order valence-corrected chi connectivity index (χ1v) is 10.9. The van der Waals surface area contributed by atoms with Gasteiger partial charge in [-0.3, -0.25) is 0 Å². The Balaban J connectivity index is 1.80. The van der Waals surface area contributed by atoms with Gasteiger partial charge < -0.3 is 10.2 Å². The van der Waals surface area contributed by atoms with Gasteiger partial charge in [0.25, 0.3) is 0 Å². The molecule has 0 aliphatic carbocycles. The Kier molecular flexibility index (Phi) is 5.85. The molecule has 1 aliphatic rings. The number of aromatic nitrogens is 2. The van der Waals surface area contributed by atoms with Crippen molar-refractivity contribution >= 4 is 44.3 Å². The molecular weight excluding hydrogens is 436 g/mol. The zero-order valence-corrected chi connectivity index (χ0v) is 18.5. The van der Waals surface area contributed by atoms with Crippen molar-refractivity contribution in [2.24, 2.45) is 5.92 Å². The van der Waals surface area contributed by atoms with E-state index in [-0.39, 0.29) is 0 Å². The molecule has 1 unspecified atom stereocenters. The lowest BCUT2D eigenvalue weighted by atomic mass is 9.90. The summed E-state index contributed by atoms with van der Waals surface area (Å²) in [6.45, 7) is 4.47. The third-order valence-corrected chi connectivity index (χ3v) is 6.51. The Morgan fingerprint density at radius 1 is 1.11 bits per heavy atom. The summed E-state index contributed by atoms with van der Waals surface area (Å²) in [6.07, 6.45) is 2.38. The maximum atomic E-state index is 6.31. The summed E-state index contributed by atoms with van der Waals surface area (Å²) in [7, 11) is 2.14. The number of hydrogen-bond acceptors (Lipinski definition) is 4. The third-order valence-electron chi connectivity index (χ3n) is 5.75. The van der Waals surface area contributed by atoms with E-state index in [1.54, 1.807) is 0 Å². The van der Waals surface area contributed by atoms with Crippen LogP contribution in [-0.4, -0.2) is 36.1 Å². The number of nitrogens with one attached hydrogen (secondary N) is 1. The molecule has 0 amide bonds. The van der Waals surface area contributed by atoms with Gasteiger partial charge in [0, 0.05) is 33.5 Å². The van der Waals surface area contributed by atoms with E-state index in [0.717, 1.165) is 45.7 Å². The Morgan fingerprint density at radius 3 is 2.54 bits per heavy atom. The standard InChI is InChI=1S/C22H24BrClN4/c1-14(15-9-11-25-12-10-15)28(2)22-19-13-18(24)7-8-20(19)26-21(27-22)16-3-5-17(23)6-4-16/h3-8,13-15,25H,9-12H2,1-2H3. The maximum absolute atomic E-state index is 6.31. The van der Waals surface area contributed by atoms with Crippen LogP contribution < -0.4 is 10.2 Å². The maximum Gasteiger partial charge on any atom is 0.162 e. The second kappa shape index (κ2) is 8.36. The summed E-state index contributed by atoms with van der Waals surface area (Å²) in [5, 5.41) is 5.16. The van der Waals surface area contributed by atoms with Crippen LogP contribution in [0, 0.1) is 5.92 Å². The molecule has 4 nitrogen and oxygen atoms in total. The van der Waals surface area contributed by atoms with Crippen LogP contribution >= 0.6 is 27.5 Å². The number of fused-ring (bicyclic) bond motifs is 1. The van der Waals surface area contributed by atoms with Crippen molar-refractivity contribution in [2.75, 3.05) is 25.0 Å². The second-order valence-corrected chi connectivity index (χ2v) is 8.83. The monoisotopic (exact) mass is 458 g/mol. The lowest BCUT2D eigenvalue weighted by Gasteiger charge is -2.35. The van der Waals surface area contributed by atoms with Gasteiger partial charge in [0.05, 0.1) is 5.52 Å². The summed E-state index contributed by atoms with van der Waals surface area (Å²) >= 11 is 9.81. The number of benzene rings is 2. The van der Waals surface area contributed by atoms with Gasteiger partial charge in [0.2, 0.25) is 0 Å². The zero-order valence-electron chi connectivity index (χ0n) is 16.1. The van der Waals surface area contributed by atoms with Gasteiger partial charge in [-0.1, -0.05) is 39.7 Å². The molecule has 0 bridgehead atoms. The highest BCUT2D eigenvalue weighted by Crippen LogP contribution is 2.32. The van der Waals surface area contributed by atoms with Crippen molar-refractivity contribution in [1.82, 2.24) is 15.3 Å². The van der Waals surface area contributed by atoms with Crippen LogP contribution in [0.3, 0.4) is 0 Å². The molecule has 2 aromatic carbocycles. The van der Waals surface area contributed by atoms with Gasteiger partial charge >= 0.3 is 0 Å². The second-order valence-electron chi connectivity index (χ2n) is 7.48. The van der Waals surface area contributed by atoms with Gasteiger partial charge in [-0.2, -0.15) is 0 Å². The molecule has 1 aliphatic heterocycles. The minimum absolute atomic E-state index is 0.386. The van der Waals surface area contributed by atoms with Crippen LogP contribution in [0.25, 0.3) is 22.3 Å². The van der Waals surface area contributed by atoms with E-state index < -0.39 is 0 Å². The SMILES string of the molecule is CC(C1CCNCC1)N(C)c1nc(-c2ccc(Br)cc2)nc2ccc(Cl)cc12. The number of nitrogens with zero attached hydrogens (tertiary/aromatic N) is 3. The fourth-order valence-corrected chi connectivity index (χ4v) is 4.35. The lowest BCUT2D eigenvalue weighted by Crippen LogP contribution is -2.41. The fourth-order valence-electron chi connectivity index (χ4n) is 3.92. The van der Waals surface area contributed by atoms with Gasteiger partial charge in [0.1, 0.15) is 5.82 Å². The molecular formula is C22H24BrClN4. The molecule has 1 atom stereocenters. The van der Waals surface area contributed by atoms with E-state index in [4.69, 9.17) is 21.6 Å². The van der Waals surface area contributed by atoms with E-state index in [1.807, 2.05) is 42.5 Å². The van der Waals surface area contributed by atoms with Gasteiger partial charge in [-0.05, 0) is 69.1 Å². The Hall–Kier alpha value is -1.69. The largest absolute Gasteiger partial charge is 0.356 e. The van der Waals surface area contributed by atoms with Gasteiger partial charge in [-0.25, -0.2) is 9.97 Å². The molecule has 1 saturated heterocycles. The Bertz CT molecular complexity index is 970. The molecule has 146 valence electrons. The highest BCUT2D eigenvalue weighted by Gasteiger charge is 2.25. The number of rotatable bonds is 4. The first kappa shape index (κ1) is 19.6. The highest BCUT2D eigenvalue weighted by atomic mass is 79.9. The van der Waals surface area contributed by atoms with E-state index in [1.165, 1.54) is 12.8 Å². The van der Waals surface area contributed by atoms with E-state index in [9.17, 15) is 0 Å². The summed E-state index contributed by atoms with van der Waals surface area (Å²) in [5.41, 5.74) is 1.92. The summed E-state index contributed by atoms with van der Waals surface area (Å²) < 4.78 is 1.04. The van der Waals surface area contributed by atoms with Gasteiger partial charge in [-0.15, -0.1) is 0 Å². The molecule has 3 aromatic rings. The first-order valence-electron chi connectivity index (χ1n) is 9.70. The molecule has 6 heteroatoms. The van der Waals surface area contributed by atoms with Crippen LogP contribution in [-0.2, 0) is 0 Å². The van der Waals surface area contributed by atoms with Crippen molar-refractivity contribution in [1.29, 1.82) is 0 Å². The van der Waals surface area contributed by atoms with E-state index in [0.29, 0.717) is 17.0 Å². The molecule has 0 spiro atoms. The minimum Gasteiger partial charge on any atom is -0.356 e. The first-order chi connectivity index (χ1) is 13.5. The van der Waals surface area contributed by atoms with Crippen molar-refractivity contribution in [3.8, 4) is 11.4 Å². The van der Waals surface area contributed by atoms with Crippen LogP contribution in [0.2, 0.25) is 5.02 Å². The highest BCUT2D eigenvalue weighted by molar-refractivity contribution is 9.10. The Labute approximate surface area is 179 Å². The Morgan fingerprint density at radius 2 is 1.82 bits per heavy atom. The molecule has 1 aromatic heterocycles. The molecule has 1 fully saturated rings. The van der Waals surface area contributed by atoms with Crippen LogP contribution in [0.15, 0.2) is 46.9 Å². The molecule has 28 heavy (non-hydrogen) atoms. The van der Waals surface area contributed by atoms with Crippen molar-refractivity contribution in [2.45, 2.75) is 25.8 Å². The van der Waals surface area contributed by atoms with Crippen molar-refractivity contribution < 1.29 is 0 Å². The predicted octanol–water partition coefficient (Wildman–Crippen LogP) is 5.54. The molecule has 2 heterocycles. The third kappa shape index (κ3) is 4.02. The number of hydrogen-bond donors (Lipinski definition) is 1. The fraction of sp³-hybridized carbons (Fsp3) is 0.364. The average molecular weight is 460 g/mol.